The summed E-state index contributed by atoms with van der Waals surface area (Å²) in [5, 5.41) is 6.78. The number of halogens is 1. The Morgan fingerprint density at radius 2 is 2.09 bits per heavy atom. The van der Waals surface area contributed by atoms with Crippen LogP contribution in [0.25, 0.3) is 11.4 Å². The predicted molar refractivity (Wildman–Crippen MR) is 78.4 cm³/mol. The van der Waals surface area contributed by atoms with Crippen molar-refractivity contribution in [3.63, 3.8) is 0 Å². The van der Waals surface area contributed by atoms with Crippen molar-refractivity contribution in [2.45, 2.75) is 44.6 Å². The van der Waals surface area contributed by atoms with E-state index in [1.54, 1.807) is 18.2 Å². The SMILES string of the molecule is O=C(CCc1nc(-c2ccccc2F)no1)NC1CCCC1. The molecule has 0 saturated heterocycles. The zero-order valence-electron chi connectivity index (χ0n) is 12.2. The molecule has 2 aromatic rings. The highest BCUT2D eigenvalue weighted by atomic mass is 19.1. The summed E-state index contributed by atoms with van der Waals surface area (Å²) in [6, 6.07) is 6.57. The van der Waals surface area contributed by atoms with Crippen LogP contribution >= 0.6 is 0 Å². The summed E-state index contributed by atoms with van der Waals surface area (Å²) < 4.78 is 18.7. The Kier molecular flexibility index (Phi) is 4.46. The second kappa shape index (κ2) is 6.68. The van der Waals surface area contributed by atoms with Crippen molar-refractivity contribution in [2.24, 2.45) is 0 Å². The van der Waals surface area contributed by atoms with Gasteiger partial charge in [0.25, 0.3) is 0 Å². The van der Waals surface area contributed by atoms with E-state index in [0.29, 0.717) is 30.3 Å². The zero-order valence-corrected chi connectivity index (χ0v) is 12.2. The van der Waals surface area contributed by atoms with Gasteiger partial charge in [0.15, 0.2) is 0 Å². The van der Waals surface area contributed by atoms with Gasteiger partial charge in [0.2, 0.25) is 17.6 Å². The molecular weight excluding hydrogens is 285 g/mol. The minimum absolute atomic E-state index is 0.00228. The molecule has 5 nitrogen and oxygen atoms in total. The number of carbonyl (C=O) groups excluding carboxylic acids is 1. The first kappa shape index (κ1) is 14.7. The van der Waals surface area contributed by atoms with E-state index < -0.39 is 5.82 Å². The van der Waals surface area contributed by atoms with Crippen LogP contribution in [0.3, 0.4) is 0 Å². The summed E-state index contributed by atoms with van der Waals surface area (Å²) in [6.07, 6.45) is 5.14. The maximum atomic E-state index is 13.6. The quantitative estimate of drug-likeness (QED) is 0.922. The second-order valence-corrected chi connectivity index (χ2v) is 5.54. The van der Waals surface area contributed by atoms with Crippen molar-refractivity contribution in [1.29, 1.82) is 0 Å². The molecule has 0 spiro atoms. The van der Waals surface area contributed by atoms with Crippen LogP contribution in [-0.4, -0.2) is 22.1 Å². The van der Waals surface area contributed by atoms with Crippen LogP contribution in [0.2, 0.25) is 0 Å². The minimum Gasteiger partial charge on any atom is -0.353 e. The van der Waals surface area contributed by atoms with E-state index in [0.717, 1.165) is 12.8 Å². The van der Waals surface area contributed by atoms with Crippen molar-refractivity contribution >= 4 is 5.91 Å². The van der Waals surface area contributed by atoms with Crippen molar-refractivity contribution in [2.75, 3.05) is 0 Å². The van der Waals surface area contributed by atoms with Gasteiger partial charge >= 0.3 is 0 Å². The number of nitrogens with zero attached hydrogens (tertiary/aromatic N) is 2. The standard InChI is InChI=1S/C16H18FN3O2/c17-13-8-4-3-7-12(13)16-19-15(22-20-16)10-9-14(21)18-11-5-1-2-6-11/h3-4,7-8,11H,1-2,5-6,9-10H2,(H,18,21). The Hall–Kier alpha value is -2.24. The lowest BCUT2D eigenvalue weighted by Crippen LogP contribution is -2.32. The Morgan fingerprint density at radius 3 is 2.86 bits per heavy atom. The minimum atomic E-state index is -0.395. The zero-order chi connectivity index (χ0) is 15.4. The number of hydrogen-bond donors (Lipinski definition) is 1. The first-order valence-corrected chi connectivity index (χ1v) is 7.59. The van der Waals surface area contributed by atoms with Crippen molar-refractivity contribution in [3.8, 4) is 11.4 Å². The van der Waals surface area contributed by atoms with Gasteiger partial charge in [0, 0.05) is 18.9 Å². The van der Waals surface area contributed by atoms with Crippen molar-refractivity contribution in [1.82, 2.24) is 15.5 Å². The normalized spacial score (nSPS) is 15.1. The van der Waals surface area contributed by atoms with E-state index in [-0.39, 0.29) is 11.7 Å². The topological polar surface area (TPSA) is 68.0 Å². The smallest absolute Gasteiger partial charge is 0.227 e. The highest BCUT2D eigenvalue weighted by Crippen LogP contribution is 2.20. The van der Waals surface area contributed by atoms with Gasteiger partial charge in [-0.3, -0.25) is 4.79 Å². The molecule has 0 radical (unpaired) electrons. The summed E-state index contributed by atoms with van der Waals surface area (Å²) in [5.41, 5.74) is 0.299. The molecule has 1 aromatic carbocycles. The molecule has 1 fully saturated rings. The van der Waals surface area contributed by atoms with Gasteiger partial charge in [-0.05, 0) is 25.0 Å². The molecule has 1 saturated carbocycles. The molecule has 0 bridgehead atoms. The molecule has 116 valence electrons. The summed E-state index contributed by atoms with van der Waals surface area (Å²) in [6.45, 7) is 0. The average molecular weight is 303 g/mol. The van der Waals surface area contributed by atoms with E-state index in [1.807, 2.05) is 0 Å². The average Bonchev–Trinajstić information content (AvgIpc) is 3.17. The fourth-order valence-corrected chi connectivity index (χ4v) is 2.70. The maximum absolute atomic E-state index is 13.6. The third-order valence-electron chi connectivity index (χ3n) is 3.87. The van der Waals surface area contributed by atoms with Crippen LogP contribution in [0.15, 0.2) is 28.8 Å². The lowest BCUT2D eigenvalue weighted by Gasteiger charge is -2.10. The third-order valence-corrected chi connectivity index (χ3v) is 3.87. The lowest BCUT2D eigenvalue weighted by atomic mass is 10.2. The summed E-state index contributed by atoms with van der Waals surface area (Å²) in [4.78, 5) is 16.0. The molecule has 6 heteroatoms. The van der Waals surface area contributed by atoms with Gasteiger partial charge in [-0.25, -0.2) is 4.39 Å². The van der Waals surface area contributed by atoms with E-state index in [2.05, 4.69) is 15.5 Å². The monoisotopic (exact) mass is 303 g/mol. The largest absolute Gasteiger partial charge is 0.353 e. The number of hydrogen-bond acceptors (Lipinski definition) is 4. The number of carbonyl (C=O) groups is 1. The maximum Gasteiger partial charge on any atom is 0.227 e. The number of aryl methyl sites for hydroxylation is 1. The van der Waals surface area contributed by atoms with Crippen molar-refractivity contribution in [3.05, 3.63) is 36.0 Å². The fourth-order valence-electron chi connectivity index (χ4n) is 2.70. The molecule has 1 heterocycles. The summed E-state index contributed by atoms with van der Waals surface area (Å²) in [7, 11) is 0. The van der Waals surface area contributed by atoms with Crippen LogP contribution < -0.4 is 5.32 Å². The van der Waals surface area contributed by atoms with Crippen LogP contribution in [0.5, 0.6) is 0 Å². The molecule has 0 unspecified atom stereocenters. The van der Waals surface area contributed by atoms with Crippen molar-refractivity contribution < 1.29 is 13.7 Å². The van der Waals surface area contributed by atoms with E-state index >= 15 is 0 Å². The Bertz CT molecular complexity index is 650. The summed E-state index contributed by atoms with van der Waals surface area (Å²) in [5.74, 6) is 0.162. The van der Waals surface area contributed by atoms with Gasteiger partial charge in [-0.15, -0.1) is 0 Å². The number of benzene rings is 1. The molecular formula is C16H18FN3O2. The van der Waals surface area contributed by atoms with Crippen LogP contribution in [0.1, 0.15) is 38.0 Å². The molecule has 1 aliphatic rings. The van der Waals surface area contributed by atoms with Crippen LogP contribution in [-0.2, 0) is 11.2 Å². The molecule has 0 atom stereocenters. The predicted octanol–water partition coefficient (Wildman–Crippen LogP) is 2.87. The first-order valence-electron chi connectivity index (χ1n) is 7.59. The van der Waals surface area contributed by atoms with Gasteiger partial charge < -0.3 is 9.84 Å². The van der Waals surface area contributed by atoms with E-state index in [1.165, 1.54) is 18.9 Å². The highest BCUT2D eigenvalue weighted by Gasteiger charge is 2.18. The number of amides is 1. The van der Waals surface area contributed by atoms with E-state index in [4.69, 9.17) is 4.52 Å². The van der Waals surface area contributed by atoms with Gasteiger partial charge in [0.1, 0.15) is 5.82 Å². The molecule has 1 aliphatic carbocycles. The fraction of sp³-hybridized carbons (Fsp3) is 0.438. The Morgan fingerprint density at radius 1 is 1.32 bits per heavy atom. The van der Waals surface area contributed by atoms with E-state index in [9.17, 15) is 9.18 Å². The number of aromatic nitrogens is 2. The third kappa shape index (κ3) is 3.50. The Labute approximate surface area is 127 Å². The summed E-state index contributed by atoms with van der Waals surface area (Å²) >= 11 is 0. The molecule has 22 heavy (non-hydrogen) atoms. The van der Waals surface area contributed by atoms with Crippen LogP contribution in [0.4, 0.5) is 4.39 Å². The molecule has 1 aromatic heterocycles. The van der Waals surface area contributed by atoms with Gasteiger partial charge in [-0.2, -0.15) is 4.98 Å². The van der Waals surface area contributed by atoms with Gasteiger partial charge in [-0.1, -0.05) is 30.1 Å². The van der Waals surface area contributed by atoms with Gasteiger partial charge in [0.05, 0.1) is 5.56 Å². The lowest BCUT2D eigenvalue weighted by molar-refractivity contribution is -0.121. The molecule has 1 amide bonds. The number of nitrogens with one attached hydrogen (secondary N) is 1. The Balaban J connectivity index is 1.55. The second-order valence-electron chi connectivity index (χ2n) is 5.54. The highest BCUT2D eigenvalue weighted by molar-refractivity contribution is 5.76. The number of rotatable bonds is 5. The molecule has 0 aliphatic heterocycles. The first-order chi connectivity index (χ1) is 10.7. The molecule has 3 rings (SSSR count). The molecule has 1 N–H and O–H groups in total. The van der Waals surface area contributed by atoms with Crippen LogP contribution in [0, 0.1) is 5.82 Å².